The second-order valence-corrected chi connectivity index (χ2v) is 9.26. The van der Waals surface area contributed by atoms with Crippen molar-refractivity contribution in [2.45, 2.75) is 51.2 Å². The van der Waals surface area contributed by atoms with Crippen molar-refractivity contribution in [3.63, 3.8) is 0 Å². The van der Waals surface area contributed by atoms with Gasteiger partial charge in [-0.3, -0.25) is 0 Å². The Labute approximate surface area is 160 Å². The molecule has 3 aliphatic rings. The number of carbonyl (C=O) groups excluding carboxylic acids is 1. The van der Waals surface area contributed by atoms with Crippen LogP contribution >= 0.6 is 11.3 Å². The monoisotopic (exact) mass is 378 g/mol. The lowest BCUT2D eigenvalue weighted by molar-refractivity contribution is -0.114. The van der Waals surface area contributed by atoms with Crippen molar-refractivity contribution in [1.82, 2.24) is 9.80 Å². The molecule has 0 aliphatic carbocycles. The maximum atomic E-state index is 11.5. The molecule has 0 unspecified atom stereocenters. The molecule has 26 heavy (non-hydrogen) atoms. The van der Waals surface area contributed by atoms with Crippen LogP contribution < -0.4 is 0 Å². The van der Waals surface area contributed by atoms with Crippen molar-refractivity contribution >= 4 is 17.4 Å². The molecule has 6 heteroatoms. The first kappa shape index (κ1) is 18.3. The molecule has 0 radical (unpaired) electrons. The van der Waals surface area contributed by atoms with E-state index in [1.54, 1.807) is 9.78 Å². The van der Waals surface area contributed by atoms with Crippen LogP contribution in [0.5, 0.6) is 0 Å². The van der Waals surface area contributed by atoms with E-state index in [1.165, 1.54) is 17.6 Å². The Morgan fingerprint density at radius 1 is 1.46 bits per heavy atom. The molecule has 1 aromatic heterocycles. The number of ether oxygens (including phenoxy) is 2. The van der Waals surface area contributed by atoms with Gasteiger partial charge >= 0.3 is 6.09 Å². The van der Waals surface area contributed by atoms with E-state index in [1.807, 2.05) is 11.3 Å². The van der Waals surface area contributed by atoms with Gasteiger partial charge in [-0.05, 0) is 37.8 Å². The van der Waals surface area contributed by atoms with Crippen molar-refractivity contribution in [3.8, 4) is 0 Å². The van der Waals surface area contributed by atoms with E-state index in [0.717, 1.165) is 58.5 Å². The molecule has 4 heterocycles. The number of aryl methyl sites for hydroxylation is 1. The molecule has 0 N–H and O–H groups in total. The third-order valence-electron chi connectivity index (χ3n) is 6.34. The highest BCUT2D eigenvalue weighted by molar-refractivity contribution is 7.12. The SMILES string of the molecule is CCc1cc2c(s1)CCO[C@@]21CCN(CC2CN(C(=O)OC)C2)[C@@H](C)C1. The molecule has 1 spiro atoms. The van der Waals surface area contributed by atoms with Crippen molar-refractivity contribution in [3.05, 3.63) is 21.4 Å². The Morgan fingerprint density at radius 2 is 2.27 bits per heavy atom. The van der Waals surface area contributed by atoms with Crippen LogP contribution in [-0.2, 0) is 27.9 Å². The Balaban J connectivity index is 1.39. The Hall–Kier alpha value is -1.11. The van der Waals surface area contributed by atoms with Gasteiger partial charge in [0, 0.05) is 54.3 Å². The number of hydrogen-bond acceptors (Lipinski definition) is 5. The van der Waals surface area contributed by atoms with Crippen LogP contribution in [0.2, 0.25) is 0 Å². The first-order chi connectivity index (χ1) is 12.5. The number of likely N-dealkylation sites (tertiary alicyclic amines) is 2. The van der Waals surface area contributed by atoms with Gasteiger partial charge in [-0.2, -0.15) is 0 Å². The topological polar surface area (TPSA) is 42.0 Å². The van der Waals surface area contributed by atoms with Crippen LogP contribution in [-0.4, -0.2) is 61.8 Å². The fraction of sp³-hybridized carbons (Fsp3) is 0.750. The number of hydrogen-bond donors (Lipinski definition) is 0. The van der Waals surface area contributed by atoms with Crippen LogP contribution in [0.25, 0.3) is 0 Å². The molecule has 2 saturated heterocycles. The predicted octanol–water partition coefficient (Wildman–Crippen LogP) is 3.26. The maximum absolute atomic E-state index is 11.5. The number of piperidine rings is 1. The third-order valence-corrected chi connectivity index (χ3v) is 7.68. The standard InChI is InChI=1S/C20H30N2O3S/c1-4-16-9-17-18(26-16)5-8-25-20(17)6-7-21(14(2)10-20)11-15-12-22(13-15)19(23)24-3/h9,14-15H,4-8,10-13H2,1-3H3/t14-,20+/m0/s1. The van der Waals surface area contributed by atoms with Crippen molar-refractivity contribution in [2.24, 2.45) is 5.92 Å². The first-order valence-corrected chi connectivity index (χ1v) is 10.7. The van der Waals surface area contributed by atoms with Gasteiger partial charge in [0.05, 0.1) is 19.3 Å². The molecule has 3 aliphatic heterocycles. The van der Waals surface area contributed by atoms with Crippen molar-refractivity contribution in [1.29, 1.82) is 0 Å². The zero-order valence-electron chi connectivity index (χ0n) is 16.1. The minimum Gasteiger partial charge on any atom is -0.453 e. The van der Waals surface area contributed by atoms with Gasteiger partial charge in [0.2, 0.25) is 0 Å². The number of nitrogens with zero attached hydrogens (tertiary/aromatic N) is 2. The van der Waals surface area contributed by atoms with Crippen molar-refractivity contribution in [2.75, 3.05) is 39.9 Å². The third kappa shape index (κ3) is 3.16. The summed E-state index contributed by atoms with van der Waals surface area (Å²) >= 11 is 1.99. The molecule has 144 valence electrons. The number of thiophene rings is 1. The highest BCUT2D eigenvalue weighted by atomic mass is 32.1. The Bertz CT molecular complexity index is 670. The highest BCUT2D eigenvalue weighted by Gasteiger charge is 2.45. The quantitative estimate of drug-likeness (QED) is 0.810. The number of carbonyl (C=O) groups is 1. The van der Waals surface area contributed by atoms with Gasteiger partial charge in [0.15, 0.2) is 0 Å². The van der Waals surface area contributed by atoms with E-state index in [2.05, 4.69) is 24.8 Å². The summed E-state index contributed by atoms with van der Waals surface area (Å²) in [6.07, 6.45) is 4.16. The van der Waals surface area contributed by atoms with Crippen LogP contribution in [0.1, 0.15) is 42.0 Å². The Kier molecular flexibility index (Phi) is 5.01. The minimum absolute atomic E-state index is 0.0644. The molecule has 2 fully saturated rings. The summed E-state index contributed by atoms with van der Waals surface area (Å²) in [6, 6.07) is 2.92. The normalized spacial score (nSPS) is 29.5. The summed E-state index contributed by atoms with van der Waals surface area (Å²) in [4.78, 5) is 18.9. The van der Waals surface area contributed by atoms with E-state index >= 15 is 0 Å². The zero-order valence-corrected chi connectivity index (χ0v) is 16.9. The largest absolute Gasteiger partial charge is 0.453 e. The van der Waals surface area contributed by atoms with E-state index in [4.69, 9.17) is 9.47 Å². The van der Waals surface area contributed by atoms with Gasteiger partial charge in [0.1, 0.15) is 0 Å². The molecule has 0 saturated carbocycles. The summed E-state index contributed by atoms with van der Waals surface area (Å²) in [5.41, 5.74) is 1.42. The molecule has 0 bridgehead atoms. The fourth-order valence-corrected chi connectivity index (χ4v) is 6.02. The second kappa shape index (κ2) is 7.13. The molecule has 2 atom stereocenters. The van der Waals surface area contributed by atoms with E-state index in [0.29, 0.717) is 12.0 Å². The molecule has 0 aromatic carbocycles. The lowest BCUT2D eigenvalue weighted by Crippen LogP contribution is -2.57. The van der Waals surface area contributed by atoms with Gasteiger partial charge in [-0.15, -0.1) is 11.3 Å². The summed E-state index contributed by atoms with van der Waals surface area (Å²) in [7, 11) is 1.45. The van der Waals surface area contributed by atoms with Gasteiger partial charge in [-0.25, -0.2) is 4.79 Å². The van der Waals surface area contributed by atoms with Gasteiger partial charge in [-0.1, -0.05) is 6.92 Å². The van der Waals surface area contributed by atoms with Crippen LogP contribution in [0.4, 0.5) is 4.79 Å². The first-order valence-electron chi connectivity index (χ1n) is 9.87. The molecule has 1 aromatic rings. The molecule has 5 nitrogen and oxygen atoms in total. The van der Waals surface area contributed by atoms with E-state index < -0.39 is 0 Å². The fourth-order valence-electron chi connectivity index (χ4n) is 4.84. The molecule has 4 rings (SSSR count). The summed E-state index contributed by atoms with van der Waals surface area (Å²) < 4.78 is 11.2. The summed E-state index contributed by atoms with van der Waals surface area (Å²) in [5, 5.41) is 0. The van der Waals surface area contributed by atoms with Crippen LogP contribution in [0.3, 0.4) is 0 Å². The number of fused-ring (bicyclic) bond motifs is 2. The number of rotatable bonds is 3. The maximum Gasteiger partial charge on any atom is 0.409 e. The van der Waals surface area contributed by atoms with Crippen LogP contribution in [0, 0.1) is 5.92 Å². The number of amides is 1. The van der Waals surface area contributed by atoms with Gasteiger partial charge in [0.25, 0.3) is 0 Å². The minimum atomic E-state index is -0.195. The zero-order chi connectivity index (χ0) is 18.3. The molecular weight excluding hydrogens is 348 g/mol. The average molecular weight is 379 g/mol. The van der Waals surface area contributed by atoms with E-state index in [9.17, 15) is 4.79 Å². The smallest absolute Gasteiger partial charge is 0.409 e. The van der Waals surface area contributed by atoms with E-state index in [-0.39, 0.29) is 11.7 Å². The second-order valence-electron chi connectivity index (χ2n) is 8.03. The molecule has 1 amide bonds. The lowest BCUT2D eigenvalue weighted by atomic mass is 9.79. The Morgan fingerprint density at radius 3 is 2.96 bits per heavy atom. The molecular formula is C20H30N2O3S. The number of methoxy groups -OCH3 is 1. The average Bonchev–Trinajstić information content (AvgIpc) is 3.04. The summed E-state index contributed by atoms with van der Waals surface area (Å²) in [6.45, 7) is 9.24. The highest BCUT2D eigenvalue weighted by Crippen LogP contribution is 2.46. The van der Waals surface area contributed by atoms with Crippen LogP contribution in [0.15, 0.2) is 6.07 Å². The predicted molar refractivity (Wildman–Crippen MR) is 103 cm³/mol. The summed E-state index contributed by atoms with van der Waals surface area (Å²) in [5.74, 6) is 0.571. The van der Waals surface area contributed by atoms with Crippen molar-refractivity contribution < 1.29 is 14.3 Å². The lowest BCUT2D eigenvalue weighted by Gasteiger charge is -2.49. The van der Waals surface area contributed by atoms with Gasteiger partial charge < -0.3 is 19.3 Å².